The van der Waals surface area contributed by atoms with Crippen LogP contribution in [0.2, 0.25) is 0 Å². The molecular formula is C20H26I2N2P+. The number of quaternary nitrogens is 1. The maximum atomic E-state index is 2.79. The first kappa shape index (κ1) is 19.6. The van der Waals surface area contributed by atoms with Gasteiger partial charge in [-0.2, -0.15) is 0 Å². The molecule has 0 radical (unpaired) electrons. The van der Waals surface area contributed by atoms with Gasteiger partial charge < -0.3 is 0 Å². The zero-order valence-corrected chi connectivity index (χ0v) is 20.1. The van der Waals surface area contributed by atoms with Gasteiger partial charge in [-0.25, -0.2) is 0 Å². The summed E-state index contributed by atoms with van der Waals surface area (Å²) in [7, 11) is 2.35. The Bertz CT molecular complexity index is 683. The Labute approximate surface area is 178 Å². The molecule has 0 saturated heterocycles. The molecule has 5 heteroatoms. The molecule has 0 aliphatic carbocycles. The molecule has 2 aromatic rings. The van der Waals surface area contributed by atoms with E-state index >= 15 is 0 Å². The summed E-state index contributed by atoms with van der Waals surface area (Å²) in [5, 5.41) is 2.99. The predicted octanol–water partition coefficient (Wildman–Crippen LogP) is 5.06. The van der Waals surface area contributed by atoms with Gasteiger partial charge in [-0.1, -0.05) is 0 Å². The normalized spacial score (nSPS) is 23.8. The molecule has 0 N–H and O–H groups in total. The first-order valence-corrected chi connectivity index (χ1v) is 15.3. The summed E-state index contributed by atoms with van der Waals surface area (Å²) in [4.78, 5) is 0.700. The standard InChI is InChI=1S/C20H26I2N2P/c1-3-15-24(2)16-14-23(20(24)21)17-25(22,18-10-6-4-7-11-18)19-12-8-5-9-13-19/h4-14,16,20,25H,3,15,17H2,1-2H3/q+1. The summed E-state index contributed by atoms with van der Waals surface area (Å²) >= 11 is 5.42. The van der Waals surface area contributed by atoms with Crippen LogP contribution >= 0.6 is 49.5 Å². The van der Waals surface area contributed by atoms with E-state index in [9.17, 15) is 0 Å². The Kier molecular flexibility index (Phi) is 6.45. The van der Waals surface area contributed by atoms with Gasteiger partial charge in [0.15, 0.2) is 0 Å². The van der Waals surface area contributed by atoms with Crippen molar-refractivity contribution in [3.63, 3.8) is 0 Å². The van der Waals surface area contributed by atoms with Crippen molar-refractivity contribution in [2.75, 3.05) is 19.9 Å². The average molecular weight is 579 g/mol. The topological polar surface area (TPSA) is 3.24 Å². The third-order valence-electron chi connectivity index (χ3n) is 4.93. The fraction of sp³-hybridized carbons (Fsp3) is 0.300. The van der Waals surface area contributed by atoms with E-state index < -0.39 is 4.90 Å². The second-order valence-corrected chi connectivity index (χ2v) is 16.6. The molecule has 0 bridgehead atoms. The SMILES string of the molecule is CCC[N+]1(C)C=CN(C[PH](I)(c2ccccc2)c2ccccc2)C1I. The summed E-state index contributed by atoms with van der Waals surface area (Å²) in [6.45, 7) is 3.46. The van der Waals surface area contributed by atoms with Crippen molar-refractivity contribution in [2.45, 2.75) is 17.5 Å². The van der Waals surface area contributed by atoms with Gasteiger partial charge in [-0.15, -0.1) is 0 Å². The van der Waals surface area contributed by atoms with Gasteiger partial charge in [0.2, 0.25) is 0 Å². The van der Waals surface area contributed by atoms with Crippen LogP contribution in [0, 0.1) is 0 Å². The van der Waals surface area contributed by atoms with Crippen molar-refractivity contribution in [3.05, 3.63) is 73.1 Å². The molecule has 134 valence electrons. The monoisotopic (exact) mass is 579 g/mol. The van der Waals surface area contributed by atoms with Crippen molar-refractivity contribution in [3.8, 4) is 0 Å². The Morgan fingerprint density at radius 3 is 2.00 bits per heavy atom. The summed E-state index contributed by atoms with van der Waals surface area (Å²) in [5.74, 6) is 0. The first-order valence-electron chi connectivity index (χ1n) is 8.74. The van der Waals surface area contributed by atoms with Gasteiger partial charge >= 0.3 is 180 Å². The molecule has 2 nitrogen and oxygen atoms in total. The quantitative estimate of drug-likeness (QED) is 0.152. The number of hydrogen-bond acceptors (Lipinski definition) is 1. The summed E-state index contributed by atoms with van der Waals surface area (Å²) in [6, 6.07) is 22.2. The fourth-order valence-corrected chi connectivity index (χ4v) is 11.0. The van der Waals surface area contributed by atoms with Gasteiger partial charge in [-0.3, -0.25) is 0 Å². The Morgan fingerprint density at radius 2 is 1.52 bits per heavy atom. The number of alkyl halides is 1. The first-order chi connectivity index (χ1) is 12.0. The maximum absolute atomic E-state index is 2.79. The van der Waals surface area contributed by atoms with E-state index in [1.54, 1.807) is 0 Å². The molecule has 1 aliphatic rings. The van der Waals surface area contributed by atoms with Crippen LogP contribution in [-0.2, 0) is 0 Å². The number of hydrogen-bond donors (Lipinski definition) is 0. The van der Waals surface area contributed by atoms with Gasteiger partial charge in [0.25, 0.3) is 0 Å². The van der Waals surface area contributed by atoms with Crippen LogP contribution in [0.1, 0.15) is 13.3 Å². The van der Waals surface area contributed by atoms with Crippen LogP contribution in [0.25, 0.3) is 0 Å². The van der Waals surface area contributed by atoms with Crippen LogP contribution in [0.5, 0.6) is 0 Å². The summed E-state index contributed by atoms with van der Waals surface area (Å²) < 4.78 is 1.47. The summed E-state index contributed by atoms with van der Waals surface area (Å²) in [5.41, 5.74) is 0. The number of halogens is 2. The molecule has 25 heavy (non-hydrogen) atoms. The van der Waals surface area contributed by atoms with Crippen molar-refractivity contribution < 1.29 is 4.48 Å². The molecule has 2 aromatic carbocycles. The van der Waals surface area contributed by atoms with Crippen LogP contribution in [0.15, 0.2) is 73.1 Å². The Hall–Kier alpha value is -0.170. The van der Waals surface area contributed by atoms with Crippen LogP contribution in [0.4, 0.5) is 0 Å². The molecule has 1 aliphatic heterocycles. The number of nitrogens with zero attached hydrogens (tertiary/aromatic N) is 2. The van der Waals surface area contributed by atoms with E-state index in [-0.39, 0.29) is 0 Å². The molecule has 0 saturated carbocycles. The third-order valence-corrected chi connectivity index (χ3v) is 15.0. The van der Waals surface area contributed by atoms with E-state index in [2.05, 4.69) is 137 Å². The minimum absolute atomic E-state index is 0.464. The fourth-order valence-electron chi connectivity index (χ4n) is 3.52. The van der Waals surface area contributed by atoms with Crippen LogP contribution in [-0.4, -0.2) is 33.4 Å². The molecular weight excluding hydrogens is 553 g/mol. The second kappa shape index (κ2) is 8.24. The zero-order valence-electron chi connectivity index (χ0n) is 14.8. The van der Waals surface area contributed by atoms with Crippen molar-refractivity contribution in [1.82, 2.24) is 4.90 Å². The van der Waals surface area contributed by atoms with Gasteiger partial charge in [-0.05, 0) is 0 Å². The molecule has 1 heterocycles. The van der Waals surface area contributed by atoms with E-state index in [0.717, 1.165) is 10.8 Å². The van der Waals surface area contributed by atoms with Crippen molar-refractivity contribution in [2.24, 2.45) is 0 Å². The molecule has 2 unspecified atom stereocenters. The van der Waals surface area contributed by atoms with Gasteiger partial charge in [0.05, 0.1) is 0 Å². The Morgan fingerprint density at radius 1 is 1.00 bits per heavy atom. The van der Waals surface area contributed by atoms with Crippen molar-refractivity contribution >= 4 is 60.1 Å². The Balaban J connectivity index is 1.94. The molecule has 0 amide bonds. The van der Waals surface area contributed by atoms with E-state index in [1.807, 2.05) is 0 Å². The summed E-state index contributed by atoms with van der Waals surface area (Å²) in [6.07, 6.45) is 7.02. The molecule has 0 fully saturated rings. The predicted molar refractivity (Wildman–Crippen MR) is 129 cm³/mol. The minimum atomic E-state index is -1.86. The number of benzene rings is 2. The average Bonchev–Trinajstić information content (AvgIpc) is 2.92. The van der Waals surface area contributed by atoms with E-state index in [4.69, 9.17) is 0 Å². The van der Waals surface area contributed by atoms with Gasteiger partial charge in [0.1, 0.15) is 0 Å². The van der Waals surface area contributed by atoms with Crippen LogP contribution < -0.4 is 10.6 Å². The molecule has 2 atom stereocenters. The number of rotatable bonds is 6. The second-order valence-electron chi connectivity index (χ2n) is 6.88. The molecule has 3 rings (SSSR count). The van der Waals surface area contributed by atoms with Crippen LogP contribution in [0.3, 0.4) is 0 Å². The third kappa shape index (κ3) is 4.07. The zero-order chi connectivity index (χ0) is 17.9. The van der Waals surface area contributed by atoms with E-state index in [1.165, 1.54) is 23.6 Å². The van der Waals surface area contributed by atoms with E-state index in [0.29, 0.717) is 4.17 Å². The van der Waals surface area contributed by atoms with Gasteiger partial charge in [0, 0.05) is 0 Å². The van der Waals surface area contributed by atoms with Crippen molar-refractivity contribution in [1.29, 1.82) is 0 Å². The molecule has 0 aromatic heterocycles. The molecule has 0 spiro atoms.